The summed E-state index contributed by atoms with van der Waals surface area (Å²) in [4.78, 5) is 11.2. The molecule has 0 aliphatic rings. The number of carbonyl (C=O) groups excluding carboxylic acids is 1. The Morgan fingerprint density at radius 1 is 1.19 bits per heavy atom. The Bertz CT molecular complexity index is 659. The van der Waals surface area contributed by atoms with Crippen molar-refractivity contribution in [2.75, 3.05) is 10.6 Å². The quantitative estimate of drug-likeness (QED) is 0.879. The number of anilines is 2. The molecular formula is C17H22N2O2. The molecule has 4 nitrogen and oxygen atoms in total. The second kappa shape index (κ2) is 6.04. The second-order valence-electron chi connectivity index (χ2n) is 5.45. The average Bonchev–Trinajstić information content (AvgIpc) is 2.72. The van der Waals surface area contributed by atoms with Gasteiger partial charge in [-0.15, -0.1) is 0 Å². The Morgan fingerprint density at radius 2 is 1.90 bits per heavy atom. The van der Waals surface area contributed by atoms with E-state index in [1.165, 1.54) is 6.92 Å². The number of benzene rings is 1. The molecule has 1 unspecified atom stereocenters. The van der Waals surface area contributed by atoms with E-state index in [1.807, 2.05) is 39.0 Å². The van der Waals surface area contributed by atoms with Crippen LogP contribution in [0.1, 0.15) is 42.5 Å². The molecule has 2 aromatic rings. The highest BCUT2D eigenvalue weighted by atomic mass is 16.3. The number of aryl methyl sites for hydroxylation is 3. The third-order valence-electron chi connectivity index (χ3n) is 3.48. The van der Waals surface area contributed by atoms with Crippen molar-refractivity contribution in [3.05, 3.63) is 46.9 Å². The molecule has 112 valence electrons. The lowest BCUT2D eigenvalue weighted by molar-refractivity contribution is -0.114. The van der Waals surface area contributed by atoms with Gasteiger partial charge in [0.25, 0.3) is 0 Å². The Balaban J connectivity index is 2.19. The lowest BCUT2D eigenvalue weighted by Crippen LogP contribution is -2.10. The third-order valence-corrected chi connectivity index (χ3v) is 3.48. The first-order valence-corrected chi connectivity index (χ1v) is 7.08. The zero-order valence-electron chi connectivity index (χ0n) is 13.2. The summed E-state index contributed by atoms with van der Waals surface area (Å²) in [6.07, 6.45) is 0. The van der Waals surface area contributed by atoms with E-state index in [4.69, 9.17) is 4.42 Å². The van der Waals surface area contributed by atoms with Crippen molar-refractivity contribution in [2.24, 2.45) is 0 Å². The van der Waals surface area contributed by atoms with Crippen LogP contribution in [0.3, 0.4) is 0 Å². The monoisotopic (exact) mass is 286 g/mol. The van der Waals surface area contributed by atoms with Crippen LogP contribution < -0.4 is 10.6 Å². The SMILES string of the molecule is CC(=O)Nc1cc(NC(C)c2cc(C)oc2C)ccc1C. The fourth-order valence-electron chi connectivity index (χ4n) is 2.44. The Kier molecular flexibility index (Phi) is 4.36. The Morgan fingerprint density at radius 3 is 2.48 bits per heavy atom. The average molecular weight is 286 g/mol. The van der Waals surface area contributed by atoms with E-state index in [0.717, 1.165) is 34.0 Å². The smallest absolute Gasteiger partial charge is 0.221 e. The summed E-state index contributed by atoms with van der Waals surface area (Å²) in [6, 6.07) is 8.15. The summed E-state index contributed by atoms with van der Waals surface area (Å²) >= 11 is 0. The molecule has 2 rings (SSSR count). The van der Waals surface area contributed by atoms with E-state index < -0.39 is 0 Å². The molecule has 0 bridgehead atoms. The molecule has 0 spiro atoms. The van der Waals surface area contributed by atoms with Gasteiger partial charge < -0.3 is 15.1 Å². The molecule has 0 saturated carbocycles. The van der Waals surface area contributed by atoms with Crippen molar-refractivity contribution >= 4 is 17.3 Å². The maximum Gasteiger partial charge on any atom is 0.221 e. The van der Waals surface area contributed by atoms with E-state index in [0.29, 0.717) is 0 Å². The van der Waals surface area contributed by atoms with E-state index in [9.17, 15) is 4.79 Å². The van der Waals surface area contributed by atoms with Gasteiger partial charge in [0.2, 0.25) is 5.91 Å². The van der Waals surface area contributed by atoms with Crippen molar-refractivity contribution in [1.82, 2.24) is 0 Å². The zero-order chi connectivity index (χ0) is 15.6. The van der Waals surface area contributed by atoms with E-state index >= 15 is 0 Å². The fourth-order valence-corrected chi connectivity index (χ4v) is 2.44. The molecule has 21 heavy (non-hydrogen) atoms. The summed E-state index contributed by atoms with van der Waals surface area (Å²) in [5, 5.41) is 6.29. The van der Waals surface area contributed by atoms with E-state index in [-0.39, 0.29) is 11.9 Å². The van der Waals surface area contributed by atoms with Gasteiger partial charge in [-0.05, 0) is 51.5 Å². The molecule has 0 fully saturated rings. The molecule has 1 atom stereocenters. The van der Waals surface area contributed by atoms with Gasteiger partial charge in [0, 0.05) is 23.9 Å². The van der Waals surface area contributed by atoms with Gasteiger partial charge in [-0.2, -0.15) is 0 Å². The number of hydrogen-bond donors (Lipinski definition) is 2. The number of nitrogens with one attached hydrogen (secondary N) is 2. The molecule has 0 aliphatic heterocycles. The number of carbonyl (C=O) groups is 1. The van der Waals surface area contributed by atoms with Crippen molar-refractivity contribution in [1.29, 1.82) is 0 Å². The van der Waals surface area contributed by atoms with E-state index in [1.54, 1.807) is 0 Å². The van der Waals surface area contributed by atoms with Crippen molar-refractivity contribution < 1.29 is 9.21 Å². The summed E-state index contributed by atoms with van der Waals surface area (Å²) in [6.45, 7) is 9.50. The zero-order valence-corrected chi connectivity index (χ0v) is 13.2. The predicted molar refractivity (Wildman–Crippen MR) is 85.7 cm³/mol. The van der Waals surface area contributed by atoms with E-state index in [2.05, 4.69) is 23.6 Å². The Labute approximate surface area is 125 Å². The van der Waals surface area contributed by atoms with Crippen LogP contribution in [-0.4, -0.2) is 5.91 Å². The van der Waals surface area contributed by atoms with Crippen LogP contribution in [0.5, 0.6) is 0 Å². The van der Waals surface area contributed by atoms with Gasteiger partial charge in [0.05, 0.1) is 6.04 Å². The van der Waals surface area contributed by atoms with Crippen LogP contribution in [0.2, 0.25) is 0 Å². The minimum atomic E-state index is -0.0652. The molecule has 0 aliphatic carbocycles. The summed E-state index contributed by atoms with van der Waals surface area (Å²) in [5.41, 5.74) is 3.99. The van der Waals surface area contributed by atoms with Crippen LogP contribution >= 0.6 is 0 Å². The molecule has 1 aromatic carbocycles. The largest absolute Gasteiger partial charge is 0.466 e. The van der Waals surface area contributed by atoms with Crippen LogP contribution in [0.25, 0.3) is 0 Å². The first-order valence-electron chi connectivity index (χ1n) is 7.08. The lowest BCUT2D eigenvalue weighted by Gasteiger charge is -2.16. The molecule has 0 radical (unpaired) electrons. The first kappa shape index (κ1) is 15.2. The van der Waals surface area contributed by atoms with Crippen molar-refractivity contribution in [2.45, 2.75) is 40.7 Å². The van der Waals surface area contributed by atoms with Crippen LogP contribution in [-0.2, 0) is 4.79 Å². The van der Waals surface area contributed by atoms with Gasteiger partial charge in [-0.1, -0.05) is 6.07 Å². The lowest BCUT2D eigenvalue weighted by atomic mass is 10.1. The third kappa shape index (κ3) is 3.66. The highest BCUT2D eigenvalue weighted by Crippen LogP contribution is 2.27. The van der Waals surface area contributed by atoms with Crippen LogP contribution in [0.15, 0.2) is 28.7 Å². The minimum absolute atomic E-state index is 0.0652. The van der Waals surface area contributed by atoms with Gasteiger partial charge in [-0.3, -0.25) is 4.79 Å². The van der Waals surface area contributed by atoms with Crippen molar-refractivity contribution in [3.63, 3.8) is 0 Å². The van der Waals surface area contributed by atoms with Crippen LogP contribution in [0.4, 0.5) is 11.4 Å². The molecule has 1 heterocycles. The normalized spacial score (nSPS) is 12.0. The number of furan rings is 1. The van der Waals surface area contributed by atoms with Gasteiger partial charge in [-0.25, -0.2) is 0 Å². The Hall–Kier alpha value is -2.23. The van der Waals surface area contributed by atoms with Gasteiger partial charge >= 0.3 is 0 Å². The maximum atomic E-state index is 11.2. The molecule has 2 N–H and O–H groups in total. The fraction of sp³-hybridized carbons (Fsp3) is 0.353. The van der Waals surface area contributed by atoms with Crippen molar-refractivity contribution in [3.8, 4) is 0 Å². The molecule has 0 saturated heterocycles. The standard InChI is InChI=1S/C17H22N2O2/c1-10-6-7-15(9-17(10)19-14(5)20)18-12(3)16-8-11(2)21-13(16)4/h6-9,12,18H,1-5H3,(H,19,20). The topological polar surface area (TPSA) is 54.3 Å². The maximum absolute atomic E-state index is 11.2. The number of hydrogen-bond acceptors (Lipinski definition) is 3. The summed E-state index contributed by atoms with van der Waals surface area (Å²) in [7, 11) is 0. The number of amides is 1. The summed E-state index contributed by atoms with van der Waals surface area (Å²) in [5.74, 6) is 1.78. The highest BCUT2D eigenvalue weighted by Gasteiger charge is 2.13. The first-order chi connectivity index (χ1) is 9.86. The molecule has 4 heteroatoms. The predicted octanol–water partition coefficient (Wildman–Crippen LogP) is 4.34. The molecule has 1 aromatic heterocycles. The molecular weight excluding hydrogens is 264 g/mol. The molecule has 1 amide bonds. The van der Waals surface area contributed by atoms with Gasteiger partial charge in [0.15, 0.2) is 0 Å². The number of rotatable bonds is 4. The van der Waals surface area contributed by atoms with Crippen LogP contribution in [0, 0.1) is 20.8 Å². The van der Waals surface area contributed by atoms with Gasteiger partial charge in [0.1, 0.15) is 11.5 Å². The highest BCUT2D eigenvalue weighted by molar-refractivity contribution is 5.90. The second-order valence-corrected chi connectivity index (χ2v) is 5.45. The minimum Gasteiger partial charge on any atom is -0.466 e. The summed E-state index contributed by atoms with van der Waals surface area (Å²) < 4.78 is 5.57.